The van der Waals surface area contributed by atoms with Crippen LogP contribution in [-0.2, 0) is 4.79 Å². The third-order valence-corrected chi connectivity index (χ3v) is 3.98. The lowest BCUT2D eigenvalue weighted by atomic mass is 10.1. The van der Waals surface area contributed by atoms with Gasteiger partial charge < -0.3 is 14.4 Å². The summed E-state index contributed by atoms with van der Waals surface area (Å²) in [4.78, 5) is 25.6. The molecule has 29 heavy (non-hydrogen) atoms. The first-order chi connectivity index (χ1) is 13.7. The van der Waals surface area contributed by atoms with Crippen molar-refractivity contribution in [1.29, 1.82) is 0 Å². The molecule has 0 heterocycles. The molecule has 0 unspecified atom stereocenters. The highest BCUT2D eigenvalue weighted by Crippen LogP contribution is 2.30. The van der Waals surface area contributed by atoms with Gasteiger partial charge >= 0.3 is 0 Å². The third kappa shape index (κ3) is 5.88. The lowest BCUT2D eigenvalue weighted by Gasteiger charge is -2.20. The molecule has 0 saturated heterocycles. The number of amides is 1. The zero-order valence-corrected chi connectivity index (χ0v) is 16.7. The standard InChI is InChI=1S/C22H23F2NO4/c1-5-28-21-12-15(7-11-20(21)29-14(2)22(27)25(3)4)6-10-19(26)17-9-8-16(23)13-18(17)24/h6-14H,5H2,1-4H3/b10-6+/t14-/m1/s1. The van der Waals surface area contributed by atoms with E-state index in [-0.39, 0.29) is 11.5 Å². The predicted octanol–water partition coefficient (Wildman–Crippen LogP) is 4.12. The van der Waals surface area contributed by atoms with Crippen molar-refractivity contribution in [2.24, 2.45) is 0 Å². The number of halogens is 2. The van der Waals surface area contributed by atoms with Crippen molar-refractivity contribution in [3.63, 3.8) is 0 Å². The van der Waals surface area contributed by atoms with Gasteiger partial charge in [0.15, 0.2) is 23.4 Å². The van der Waals surface area contributed by atoms with Crippen LogP contribution in [-0.4, -0.2) is 43.4 Å². The van der Waals surface area contributed by atoms with Crippen LogP contribution in [0.4, 0.5) is 8.78 Å². The Bertz CT molecular complexity index is 925. The first-order valence-electron chi connectivity index (χ1n) is 9.05. The zero-order valence-electron chi connectivity index (χ0n) is 16.7. The van der Waals surface area contributed by atoms with Crippen molar-refractivity contribution in [2.75, 3.05) is 20.7 Å². The second-order valence-corrected chi connectivity index (χ2v) is 6.45. The first kappa shape index (κ1) is 22.1. The molecule has 0 saturated carbocycles. The Balaban J connectivity index is 2.21. The number of benzene rings is 2. The Morgan fingerprint density at radius 3 is 2.45 bits per heavy atom. The molecule has 5 nitrogen and oxygen atoms in total. The maximum absolute atomic E-state index is 13.7. The molecule has 2 rings (SSSR count). The number of hydrogen-bond acceptors (Lipinski definition) is 4. The number of likely N-dealkylation sites (N-methyl/N-ethyl adjacent to an activating group) is 1. The highest BCUT2D eigenvalue weighted by molar-refractivity contribution is 6.07. The van der Waals surface area contributed by atoms with Crippen LogP contribution in [0.25, 0.3) is 6.08 Å². The van der Waals surface area contributed by atoms with Crippen molar-refractivity contribution in [3.05, 3.63) is 65.2 Å². The summed E-state index contributed by atoms with van der Waals surface area (Å²) >= 11 is 0. The molecule has 1 atom stereocenters. The average molecular weight is 403 g/mol. The van der Waals surface area contributed by atoms with E-state index in [2.05, 4.69) is 0 Å². The molecule has 0 aromatic heterocycles. The number of carbonyl (C=O) groups excluding carboxylic acids is 2. The molecule has 0 spiro atoms. The van der Waals surface area contributed by atoms with Gasteiger partial charge in [0.1, 0.15) is 11.6 Å². The molecule has 0 aliphatic carbocycles. The van der Waals surface area contributed by atoms with Gasteiger partial charge in [0.2, 0.25) is 0 Å². The van der Waals surface area contributed by atoms with E-state index in [1.807, 2.05) is 6.92 Å². The fourth-order valence-corrected chi connectivity index (χ4v) is 2.55. The average Bonchev–Trinajstić information content (AvgIpc) is 2.67. The van der Waals surface area contributed by atoms with Gasteiger partial charge in [0, 0.05) is 20.2 Å². The Kier molecular flexibility index (Phi) is 7.47. The summed E-state index contributed by atoms with van der Waals surface area (Å²) < 4.78 is 38.0. The van der Waals surface area contributed by atoms with E-state index >= 15 is 0 Å². The second-order valence-electron chi connectivity index (χ2n) is 6.45. The maximum atomic E-state index is 13.7. The SMILES string of the molecule is CCOc1cc(/C=C/C(=O)c2ccc(F)cc2F)ccc1O[C@H](C)C(=O)N(C)C. The van der Waals surface area contributed by atoms with Gasteiger partial charge in [-0.1, -0.05) is 12.1 Å². The first-order valence-corrected chi connectivity index (χ1v) is 9.05. The highest BCUT2D eigenvalue weighted by atomic mass is 19.1. The van der Waals surface area contributed by atoms with Crippen molar-refractivity contribution in [2.45, 2.75) is 20.0 Å². The summed E-state index contributed by atoms with van der Waals surface area (Å²) in [5, 5.41) is 0. The minimum absolute atomic E-state index is 0.191. The molecule has 0 aliphatic rings. The molecule has 0 bridgehead atoms. The van der Waals surface area contributed by atoms with Gasteiger partial charge in [-0.25, -0.2) is 8.78 Å². The minimum Gasteiger partial charge on any atom is -0.490 e. The normalized spacial score (nSPS) is 11.9. The summed E-state index contributed by atoms with van der Waals surface area (Å²) in [5.41, 5.74) is 0.395. The molecular formula is C22H23F2NO4. The highest BCUT2D eigenvalue weighted by Gasteiger charge is 2.18. The van der Waals surface area contributed by atoms with E-state index in [1.54, 1.807) is 39.2 Å². The summed E-state index contributed by atoms with van der Waals surface area (Å²) in [6.07, 6.45) is 1.99. The van der Waals surface area contributed by atoms with Crippen molar-refractivity contribution in [3.8, 4) is 11.5 Å². The van der Waals surface area contributed by atoms with E-state index in [0.717, 1.165) is 12.1 Å². The van der Waals surface area contributed by atoms with Crippen molar-refractivity contribution >= 4 is 17.8 Å². The predicted molar refractivity (Wildman–Crippen MR) is 106 cm³/mol. The number of hydrogen-bond donors (Lipinski definition) is 0. The molecule has 154 valence electrons. The fourth-order valence-electron chi connectivity index (χ4n) is 2.55. The molecule has 0 N–H and O–H groups in total. The summed E-state index contributed by atoms with van der Waals surface area (Å²) in [6.45, 7) is 3.82. The molecule has 0 radical (unpaired) electrons. The monoisotopic (exact) mass is 403 g/mol. The summed E-state index contributed by atoms with van der Waals surface area (Å²) in [5.74, 6) is -1.65. The van der Waals surface area contributed by atoms with Crippen LogP contribution >= 0.6 is 0 Å². The van der Waals surface area contributed by atoms with Crippen LogP contribution in [0.3, 0.4) is 0 Å². The largest absolute Gasteiger partial charge is 0.490 e. The lowest BCUT2D eigenvalue weighted by Crippen LogP contribution is -2.35. The Morgan fingerprint density at radius 2 is 1.83 bits per heavy atom. The molecule has 1 amide bonds. The minimum atomic E-state index is -0.919. The zero-order chi connectivity index (χ0) is 21.6. The summed E-state index contributed by atoms with van der Waals surface area (Å²) in [7, 11) is 3.28. The van der Waals surface area contributed by atoms with Gasteiger partial charge in [0.25, 0.3) is 5.91 Å². The smallest absolute Gasteiger partial charge is 0.262 e. The van der Waals surface area contributed by atoms with E-state index < -0.39 is 23.5 Å². The van der Waals surface area contributed by atoms with Gasteiger partial charge in [-0.2, -0.15) is 0 Å². The second kappa shape index (κ2) is 9.82. The summed E-state index contributed by atoms with van der Waals surface area (Å²) in [6, 6.07) is 7.75. The van der Waals surface area contributed by atoms with Crippen LogP contribution in [0, 0.1) is 11.6 Å². The van der Waals surface area contributed by atoms with Crippen LogP contribution in [0.1, 0.15) is 29.8 Å². The molecule has 0 fully saturated rings. The van der Waals surface area contributed by atoms with Gasteiger partial charge in [-0.05, 0) is 49.8 Å². The van der Waals surface area contributed by atoms with E-state index in [1.165, 1.54) is 17.1 Å². The Hall–Kier alpha value is -3.22. The molecule has 0 aliphatic heterocycles. The maximum Gasteiger partial charge on any atom is 0.262 e. The van der Waals surface area contributed by atoms with Crippen molar-refractivity contribution in [1.82, 2.24) is 4.90 Å². The Morgan fingerprint density at radius 1 is 1.10 bits per heavy atom. The number of carbonyl (C=O) groups is 2. The fraction of sp³-hybridized carbons (Fsp3) is 0.273. The quantitative estimate of drug-likeness (QED) is 0.492. The lowest BCUT2D eigenvalue weighted by molar-refractivity contribution is -0.135. The number of rotatable bonds is 8. The molecule has 2 aromatic rings. The third-order valence-electron chi connectivity index (χ3n) is 3.98. The van der Waals surface area contributed by atoms with Crippen LogP contribution in [0.2, 0.25) is 0 Å². The van der Waals surface area contributed by atoms with Crippen LogP contribution in [0.5, 0.6) is 11.5 Å². The van der Waals surface area contributed by atoms with Crippen molar-refractivity contribution < 1.29 is 27.8 Å². The topological polar surface area (TPSA) is 55.8 Å². The number of ketones is 1. The molecule has 7 heteroatoms. The van der Waals surface area contributed by atoms with Gasteiger partial charge in [0.05, 0.1) is 12.2 Å². The van der Waals surface area contributed by atoms with E-state index in [9.17, 15) is 18.4 Å². The van der Waals surface area contributed by atoms with Gasteiger partial charge in [-0.3, -0.25) is 9.59 Å². The Labute approximate surface area is 168 Å². The van der Waals surface area contributed by atoms with Crippen LogP contribution in [0.15, 0.2) is 42.5 Å². The van der Waals surface area contributed by atoms with E-state index in [4.69, 9.17) is 9.47 Å². The van der Waals surface area contributed by atoms with Crippen LogP contribution < -0.4 is 9.47 Å². The molecular weight excluding hydrogens is 380 g/mol. The number of ether oxygens (including phenoxy) is 2. The number of nitrogens with zero attached hydrogens (tertiary/aromatic N) is 1. The molecule has 2 aromatic carbocycles. The van der Waals surface area contributed by atoms with Gasteiger partial charge in [-0.15, -0.1) is 0 Å². The van der Waals surface area contributed by atoms with E-state index in [0.29, 0.717) is 29.7 Å². The number of allylic oxidation sites excluding steroid dienone is 1.